The first kappa shape index (κ1) is 12.9. The predicted octanol–water partition coefficient (Wildman–Crippen LogP) is 2.30. The van der Waals surface area contributed by atoms with Crippen molar-refractivity contribution >= 4 is 11.0 Å². The molecule has 98 valence electrons. The molecule has 1 aromatic heterocycles. The summed E-state index contributed by atoms with van der Waals surface area (Å²) in [6.45, 7) is 1.83. The molecule has 2 aromatic rings. The van der Waals surface area contributed by atoms with Crippen molar-refractivity contribution in [3.63, 3.8) is 0 Å². The van der Waals surface area contributed by atoms with E-state index in [9.17, 15) is 0 Å². The monoisotopic (exact) mass is 249 g/mol. The van der Waals surface area contributed by atoms with E-state index in [1.54, 1.807) is 7.11 Å². The fourth-order valence-corrected chi connectivity index (χ4v) is 1.91. The zero-order valence-corrected chi connectivity index (χ0v) is 10.6. The Morgan fingerprint density at radius 2 is 2.22 bits per heavy atom. The van der Waals surface area contributed by atoms with Gasteiger partial charge in [-0.1, -0.05) is 12.1 Å². The van der Waals surface area contributed by atoms with E-state index in [4.69, 9.17) is 14.3 Å². The SMILES string of the molecule is COc1cccc2cc(CNCCCCO)oc12. The quantitative estimate of drug-likeness (QED) is 0.739. The highest BCUT2D eigenvalue weighted by Gasteiger charge is 2.07. The molecule has 0 aliphatic rings. The first-order chi connectivity index (χ1) is 8.85. The van der Waals surface area contributed by atoms with Gasteiger partial charge in [-0.05, 0) is 31.5 Å². The number of aliphatic hydroxyl groups is 1. The van der Waals surface area contributed by atoms with Gasteiger partial charge in [0.2, 0.25) is 0 Å². The van der Waals surface area contributed by atoms with E-state index in [1.807, 2.05) is 24.3 Å². The number of hydrogen-bond acceptors (Lipinski definition) is 4. The summed E-state index contributed by atoms with van der Waals surface area (Å²) >= 11 is 0. The maximum atomic E-state index is 8.68. The highest BCUT2D eigenvalue weighted by Crippen LogP contribution is 2.28. The minimum Gasteiger partial charge on any atom is -0.493 e. The van der Waals surface area contributed by atoms with Crippen LogP contribution >= 0.6 is 0 Å². The molecule has 0 saturated carbocycles. The molecule has 0 saturated heterocycles. The van der Waals surface area contributed by atoms with Crippen molar-refractivity contribution in [3.8, 4) is 5.75 Å². The van der Waals surface area contributed by atoms with Gasteiger partial charge < -0.3 is 19.6 Å². The van der Waals surface area contributed by atoms with Gasteiger partial charge in [0.1, 0.15) is 5.76 Å². The second-order valence-corrected chi connectivity index (χ2v) is 4.20. The molecule has 18 heavy (non-hydrogen) atoms. The molecular formula is C14H19NO3. The molecule has 0 unspecified atom stereocenters. The number of hydrogen-bond donors (Lipinski definition) is 2. The number of aliphatic hydroxyl groups excluding tert-OH is 1. The molecule has 1 aromatic carbocycles. The molecule has 4 heteroatoms. The van der Waals surface area contributed by atoms with E-state index in [-0.39, 0.29) is 6.61 Å². The molecule has 0 atom stereocenters. The van der Waals surface area contributed by atoms with E-state index in [2.05, 4.69) is 5.32 Å². The van der Waals surface area contributed by atoms with Gasteiger partial charge in [0.25, 0.3) is 0 Å². The molecule has 1 heterocycles. The van der Waals surface area contributed by atoms with Gasteiger partial charge in [-0.3, -0.25) is 0 Å². The standard InChI is InChI=1S/C14H19NO3/c1-17-13-6-4-5-11-9-12(18-14(11)13)10-15-7-2-3-8-16/h4-6,9,15-16H,2-3,7-8,10H2,1H3. The maximum Gasteiger partial charge on any atom is 0.176 e. The van der Waals surface area contributed by atoms with Gasteiger partial charge in [0.05, 0.1) is 13.7 Å². The second-order valence-electron chi connectivity index (χ2n) is 4.20. The number of ether oxygens (including phenoxy) is 1. The highest BCUT2D eigenvalue weighted by molar-refractivity contribution is 5.83. The van der Waals surface area contributed by atoms with Gasteiger partial charge in [-0.25, -0.2) is 0 Å². The number of methoxy groups -OCH3 is 1. The van der Waals surface area contributed by atoms with Crippen LogP contribution in [0.25, 0.3) is 11.0 Å². The number of para-hydroxylation sites is 1. The molecule has 4 nitrogen and oxygen atoms in total. The van der Waals surface area contributed by atoms with Gasteiger partial charge in [-0.15, -0.1) is 0 Å². The molecule has 2 N–H and O–H groups in total. The van der Waals surface area contributed by atoms with Crippen molar-refractivity contribution in [2.75, 3.05) is 20.3 Å². The third-order valence-corrected chi connectivity index (χ3v) is 2.84. The van der Waals surface area contributed by atoms with E-state index in [0.29, 0.717) is 6.54 Å². The van der Waals surface area contributed by atoms with Gasteiger partial charge >= 0.3 is 0 Å². The summed E-state index contributed by atoms with van der Waals surface area (Å²) in [5, 5.41) is 13.0. The lowest BCUT2D eigenvalue weighted by molar-refractivity contribution is 0.283. The summed E-state index contributed by atoms with van der Waals surface area (Å²) in [7, 11) is 1.64. The van der Waals surface area contributed by atoms with E-state index in [1.165, 1.54) is 0 Å². The lowest BCUT2D eigenvalue weighted by Crippen LogP contribution is -2.14. The Hall–Kier alpha value is -1.52. The summed E-state index contributed by atoms with van der Waals surface area (Å²) in [4.78, 5) is 0. The minimum absolute atomic E-state index is 0.253. The maximum absolute atomic E-state index is 8.68. The first-order valence-corrected chi connectivity index (χ1v) is 6.22. The van der Waals surface area contributed by atoms with Crippen molar-refractivity contribution in [2.45, 2.75) is 19.4 Å². The first-order valence-electron chi connectivity index (χ1n) is 6.22. The Labute approximate surface area is 107 Å². The largest absolute Gasteiger partial charge is 0.493 e. The summed E-state index contributed by atoms with van der Waals surface area (Å²) in [6.07, 6.45) is 1.81. The summed E-state index contributed by atoms with van der Waals surface area (Å²) < 4.78 is 11.0. The minimum atomic E-state index is 0.253. The van der Waals surface area contributed by atoms with E-state index >= 15 is 0 Å². The second kappa shape index (κ2) is 6.42. The van der Waals surface area contributed by atoms with Gasteiger partial charge in [0, 0.05) is 12.0 Å². The average Bonchev–Trinajstić information content (AvgIpc) is 2.81. The molecule has 0 spiro atoms. The summed E-state index contributed by atoms with van der Waals surface area (Å²) in [5.41, 5.74) is 0.798. The summed E-state index contributed by atoms with van der Waals surface area (Å²) in [6, 6.07) is 7.88. The zero-order valence-electron chi connectivity index (χ0n) is 10.6. The molecule has 0 aliphatic carbocycles. The molecule has 0 aliphatic heterocycles. The van der Waals surface area contributed by atoms with Crippen LogP contribution in [0.1, 0.15) is 18.6 Å². The van der Waals surface area contributed by atoms with Crippen LogP contribution in [0.15, 0.2) is 28.7 Å². The van der Waals surface area contributed by atoms with Crippen LogP contribution in [0.4, 0.5) is 0 Å². The van der Waals surface area contributed by atoms with Crippen LogP contribution in [-0.4, -0.2) is 25.4 Å². The van der Waals surface area contributed by atoms with Gasteiger partial charge in [-0.2, -0.15) is 0 Å². The van der Waals surface area contributed by atoms with Crippen LogP contribution in [0.5, 0.6) is 5.75 Å². The number of benzene rings is 1. The third kappa shape index (κ3) is 3.03. The molecule has 0 fully saturated rings. The number of rotatable bonds is 7. The van der Waals surface area contributed by atoms with Crippen LogP contribution < -0.4 is 10.1 Å². The number of unbranched alkanes of at least 4 members (excludes halogenated alkanes) is 1. The Kier molecular flexibility index (Phi) is 4.61. The Bertz CT molecular complexity index is 493. The lowest BCUT2D eigenvalue weighted by Gasteiger charge is -2.01. The van der Waals surface area contributed by atoms with Crippen molar-refractivity contribution in [1.82, 2.24) is 5.32 Å². The Morgan fingerprint density at radius 1 is 1.33 bits per heavy atom. The number of nitrogens with one attached hydrogen (secondary N) is 1. The topological polar surface area (TPSA) is 54.6 Å². The fourth-order valence-electron chi connectivity index (χ4n) is 1.91. The van der Waals surface area contributed by atoms with Crippen LogP contribution in [-0.2, 0) is 6.54 Å². The van der Waals surface area contributed by atoms with Crippen molar-refractivity contribution in [2.24, 2.45) is 0 Å². The molecule has 2 rings (SSSR count). The summed E-state index contributed by atoms with van der Waals surface area (Å²) in [5.74, 6) is 1.66. The third-order valence-electron chi connectivity index (χ3n) is 2.84. The highest BCUT2D eigenvalue weighted by atomic mass is 16.5. The average molecular weight is 249 g/mol. The molecule has 0 amide bonds. The van der Waals surface area contributed by atoms with E-state index < -0.39 is 0 Å². The smallest absolute Gasteiger partial charge is 0.176 e. The van der Waals surface area contributed by atoms with Crippen molar-refractivity contribution < 1.29 is 14.3 Å². The van der Waals surface area contributed by atoms with Gasteiger partial charge in [0.15, 0.2) is 11.3 Å². The normalized spacial score (nSPS) is 11.0. The lowest BCUT2D eigenvalue weighted by atomic mass is 10.2. The zero-order chi connectivity index (χ0) is 12.8. The number of furan rings is 1. The Morgan fingerprint density at radius 3 is 3.00 bits per heavy atom. The van der Waals surface area contributed by atoms with Crippen molar-refractivity contribution in [3.05, 3.63) is 30.0 Å². The Balaban J connectivity index is 1.97. The van der Waals surface area contributed by atoms with Crippen LogP contribution in [0.2, 0.25) is 0 Å². The molecule has 0 bridgehead atoms. The number of fused-ring (bicyclic) bond motifs is 1. The predicted molar refractivity (Wildman–Crippen MR) is 70.8 cm³/mol. The molecular weight excluding hydrogens is 230 g/mol. The molecule has 0 radical (unpaired) electrons. The fraction of sp³-hybridized carbons (Fsp3) is 0.429. The van der Waals surface area contributed by atoms with E-state index in [0.717, 1.165) is 41.9 Å². The van der Waals surface area contributed by atoms with Crippen molar-refractivity contribution in [1.29, 1.82) is 0 Å². The van der Waals surface area contributed by atoms with Crippen LogP contribution in [0.3, 0.4) is 0 Å². The van der Waals surface area contributed by atoms with Crippen LogP contribution in [0, 0.1) is 0 Å².